The molecule has 168 valence electrons. The summed E-state index contributed by atoms with van der Waals surface area (Å²) in [5.74, 6) is 0.706. The highest BCUT2D eigenvalue weighted by Gasteiger charge is 2.42. The van der Waals surface area contributed by atoms with Crippen LogP contribution in [-0.4, -0.2) is 55.9 Å². The van der Waals surface area contributed by atoms with Crippen LogP contribution in [0.15, 0.2) is 0 Å². The molecule has 1 saturated heterocycles. The van der Waals surface area contributed by atoms with Gasteiger partial charge in [0.05, 0.1) is 0 Å². The molecule has 0 bridgehead atoms. The van der Waals surface area contributed by atoms with Crippen LogP contribution in [-0.2, 0) is 0 Å². The smallest absolute Gasteiger partial charge is 0.319 e. The van der Waals surface area contributed by atoms with Crippen molar-refractivity contribution in [1.82, 2.24) is 26.2 Å². The maximum absolute atomic E-state index is 13.4. The Morgan fingerprint density at radius 2 is 1.86 bits per heavy atom. The highest BCUT2D eigenvalue weighted by Crippen LogP contribution is 2.32. The van der Waals surface area contributed by atoms with Gasteiger partial charge >= 0.3 is 12.1 Å². The summed E-state index contributed by atoms with van der Waals surface area (Å²) in [6.07, 6.45) is 13.2. The maximum Gasteiger partial charge on any atom is 0.319 e. The van der Waals surface area contributed by atoms with Crippen molar-refractivity contribution in [2.45, 2.75) is 95.7 Å². The maximum atomic E-state index is 13.4. The Bertz CT molecular complexity index is 509. The first kappa shape index (κ1) is 23.8. The predicted molar refractivity (Wildman–Crippen MR) is 118 cm³/mol. The first-order valence-electron chi connectivity index (χ1n) is 11.8. The zero-order valence-corrected chi connectivity index (χ0v) is 18.8. The van der Waals surface area contributed by atoms with E-state index in [4.69, 9.17) is 0 Å². The first-order valence-corrected chi connectivity index (χ1v) is 11.8. The van der Waals surface area contributed by atoms with Crippen LogP contribution in [0.4, 0.5) is 9.59 Å². The lowest BCUT2D eigenvalue weighted by Gasteiger charge is -2.48. The van der Waals surface area contributed by atoms with E-state index in [0.29, 0.717) is 12.5 Å². The number of hydrogen-bond donors (Lipinski definition) is 4. The van der Waals surface area contributed by atoms with Gasteiger partial charge < -0.3 is 26.2 Å². The Balaban J connectivity index is 2.10. The Morgan fingerprint density at radius 3 is 2.52 bits per heavy atom. The number of carbonyl (C=O) groups excluding carboxylic acids is 2. The summed E-state index contributed by atoms with van der Waals surface area (Å²) in [7, 11) is 3.57. The molecule has 2 rings (SSSR count). The number of nitrogens with zero attached hydrogens (tertiary/aromatic N) is 1. The highest BCUT2D eigenvalue weighted by atomic mass is 16.2. The summed E-state index contributed by atoms with van der Waals surface area (Å²) >= 11 is 0. The molecular weight excluding hydrogens is 366 g/mol. The second-order valence-corrected chi connectivity index (χ2v) is 8.89. The van der Waals surface area contributed by atoms with Gasteiger partial charge in [0.15, 0.2) is 0 Å². The molecule has 4 N–H and O–H groups in total. The lowest BCUT2D eigenvalue weighted by molar-refractivity contribution is 0.0459. The second kappa shape index (κ2) is 12.3. The van der Waals surface area contributed by atoms with Crippen molar-refractivity contribution in [3.63, 3.8) is 0 Å². The molecule has 0 radical (unpaired) electrons. The van der Waals surface area contributed by atoms with Gasteiger partial charge in [-0.3, -0.25) is 0 Å². The first-order chi connectivity index (χ1) is 14.0. The number of likely N-dealkylation sites (N-methyl/N-ethyl adjacent to an activating group) is 1. The standard InChI is InChI=1S/C22H43N5O2/c1-4-5-13-22(26-20(28)24-3)14-9-10-15-27(22)21(29)25-19(17-23-2)16-18-11-7-6-8-12-18/h18-19,23H,4-17H2,1-3H3,(H,25,29)(H2,24,26,28)/t19-,22?/m0/s1. The minimum absolute atomic E-state index is 0.0340. The Kier molecular flexibility index (Phi) is 10.0. The molecule has 1 aliphatic carbocycles. The SMILES string of the molecule is CCCCC1(NC(=O)NC)CCCCN1C(=O)N[C@H](CNC)CC1CCCCC1. The van der Waals surface area contributed by atoms with Crippen molar-refractivity contribution in [3.8, 4) is 0 Å². The summed E-state index contributed by atoms with van der Waals surface area (Å²) in [5.41, 5.74) is -0.590. The molecule has 2 aliphatic rings. The fourth-order valence-electron chi connectivity index (χ4n) is 5.05. The number of rotatable bonds is 9. The number of amides is 4. The van der Waals surface area contributed by atoms with Crippen LogP contribution in [0.5, 0.6) is 0 Å². The molecule has 7 heteroatoms. The summed E-state index contributed by atoms with van der Waals surface area (Å²) in [6.45, 7) is 3.62. The largest absolute Gasteiger partial charge is 0.341 e. The normalized spacial score (nSPS) is 24.0. The Labute approximate surface area is 177 Å². The van der Waals surface area contributed by atoms with Crippen molar-refractivity contribution in [3.05, 3.63) is 0 Å². The van der Waals surface area contributed by atoms with Crippen molar-refractivity contribution in [1.29, 1.82) is 0 Å². The summed E-state index contributed by atoms with van der Waals surface area (Å²) in [4.78, 5) is 27.5. The summed E-state index contributed by atoms with van der Waals surface area (Å²) in [6, 6.07) is -0.121. The molecule has 0 aromatic rings. The number of hydrogen-bond acceptors (Lipinski definition) is 3. The van der Waals surface area contributed by atoms with Crippen molar-refractivity contribution >= 4 is 12.1 Å². The lowest BCUT2D eigenvalue weighted by atomic mass is 9.84. The van der Waals surface area contributed by atoms with Crippen LogP contribution < -0.4 is 21.3 Å². The van der Waals surface area contributed by atoms with Crippen LogP contribution >= 0.6 is 0 Å². The fraction of sp³-hybridized carbons (Fsp3) is 0.909. The summed E-state index contributed by atoms with van der Waals surface area (Å²) < 4.78 is 0. The van der Waals surface area contributed by atoms with Gasteiger partial charge in [0.25, 0.3) is 0 Å². The molecule has 1 unspecified atom stereocenters. The Morgan fingerprint density at radius 1 is 1.10 bits per heavy atom. The van der Waals surface area contributed by atoms with E-state index in [9.17, 15) is 9.59 Å². The molecule has 2 fully saturated rings. The lowest BCUT2D eigenvalue weighted by Crippen LogP contribution is -2.67. The molecule has 1 saturated carbocycles. The number of nitrogens with one attached hydrogen (secondary N) is 4. The number of urea groups is 2. The van der Waals surface area contributed by atoms with E-state index in [1.807, 2.05) is 11.9 Å². The van der Waals surface area contributed by atoms with E-state index in [1.54, 1.807) is 7.05 Å². The van der Waals surface area contributed by atoms with Crippen LogP contribution in [0.2, 0.25) is 0 Å². The third-order valence-corrected chi connectivity index (χ3v) is 6.62. The predicted octanol–water partition coefficient (Wildman–Crippen LogP) is 3.56. The topological polar surface area (TPSA) is 85.5 Å². The van der Waals surface area contributed by atoms with Gasteiger partial charge in [0.1, 0.15) is 5.66 Å². The number of likely N-dealkylation sites (tertiary alicyclic amines) is 1. The summed E-state index contributed by atoms with van der Waals surface area (Å²) in [5, 5.41) is 12.4. The Hall–Kier alpha value is -1.50. The van der Waals surface area contributed by atoms with Gasteiger partial charge in [0, 0.05) is 26.2 Å². The zero-order valence-electron chi connectivity index (χ0n) is 18.8. The van der Waals surface area contributed by atoms with Crippen molar-refractivity contribution < 1.29 is 9.59 Å². The second-order valence-electron chi connectivity index (χ2n) is 8.89. The average molecular weight is 410 g/mol. The van der Waals surface area contributed by atoms with Crippen LogP contribution in [0, 0.1) is 5.92 Å². The third-order valence-electron chi connectivity index (χ3n) is 6.62. The van der Waals surface area contributed by atoms with E-state index in [-0.39, 0.29) is 18.1 Å². The number of unbranched alkanes of at least 4 members (excludes halogenated alkanes) is 1. The molecule has 29 heavy (non-hydrogen) atoms. The van der Waals surface area contributed by atoms with E-state index in [0.717, 1.165) is 51.5 Å². The van der Waals surface area contributed by atoms with Gasteiger partial charge in [-0.25, -0.2) is 9.59 Å². The van der Waals surface area contributed by atoms with Crippen molar-refractivity contribution in [2.75, 3.05) is 27.2 Å². The minimum atomic E-state index is -0.590. The minimum Gasteiger partial charge on any atom is -0.341 e. The van der Waals surface area contributed by atoms with Gasteiger partial charge in [0.2, 0.25) is 0 Å². The van der Waals surface area contributed by atoms with Crippen molar-refractivity contribution in [2.24, 2.45) is 5.92 Å². The van der Waals surface area contributed by atoms with Crippen LogP contribution in [0.25, 0.3) is 0 Å². The molecule has 4 amide bonds. The van der Waals surface area contributed by atoms with E-state index in [2.05, 4.69) is 28.2 Å². The third kappa shape index (κ3) is 7.05. The van der Waals surface area contributed by atoms with E-state index in [1.165, 1.54) is 32.1 Å². The van der Waals surface area contributed by atoms with Gasteiger partial charge in [-0.1, -0.05) is 45.4 Å². The quantitative estimate of drug-likeness (QED) is 0.470. The fourth-order valence-corrected chi connectivity index (χ4v) is 5.05. The molecular formula is C22H43N5O2. The molecule has 1 aliphatic heterocycles. The highest BCUT2D eigenvalue weighted by molar-refractivity contribution is 5.78. The number of carbonyl (C=O) groups is 2. The van der Waals surface area contributed by atoms with Gasteiger partial charge in [-0.2, -0.15) is 0 Å². The zero-order chi connectivity index (χ0) is 21.1. The number of piperidine rings is 1. The molecule has 7 nitrogen and oxygen atoms in total. The van der Waals surface area contributed by atoms with Gasteiger partial charge in [-0.15, -0.1) is 0 Å². The molecule has 2 atom stereocenters. The van der Waals surface area contributed by atoms with Crippen LogP contribution in [0.3, 0.4) is 0 Å². The molecule has 0 aromatic heterocycles. The van der Waals surface area contributed by atoms with E-state index >= 15 is 0 Å². The van der Waals surface area contributed by atoms with E-state index < -0.39 is 5.66 Å². The molecule has 0 spiro atoms. The average Bonchev–Trinajstić information content (AvgIpc) is 2.73. The molecule has 1 heterocycles. The molecule has 0 aromatic carbocycles. The van der Waals surface area contributed by atoms with Crippen LogP contribution in [0.1, 0.15) is 84.0 Å². The van der Waals surface area contributed by atoms with Gasteiger partial charge in [-0.05, 0) is 51.5 Å². The monoisotopic (exact) mass is 409 g/mol.